The topological polar surface area (TPSA) is 281 Å². The number of benzene rings is 2. The van der Waals surface area contributed by atoms with Gasteiger partial charge < -0.3 is 56.8 Å². The molecule has 0 bridgehead atoms. The zero-order chi connectivity index (χ0) is 50.0. The Morgan fingerprint density at radius 3 is 0.956 bits per heavy atom. The third kappa shape index (κ3) is 12.9. The van der Waals surface area contributed by atoms with Crippen LogP contribution in [0.25, 0.3) is 11.1 Å². The molecule has 5 rings (SSSR count). The highest BCUT2D eigenvalue weighted by molar-refractivity contribution is 6.46. The standard InChI is InChI=1S/C46H48O22/c1-21(47)57-19-31-37(59-23(3)49)41(61-25(5)51)43(63-27(7)53)45(65-31)67-39-33(29-15-11-9-12-16-29)36(56)40(34(35(39)55)30-17-13-10-14-18-30)68-46-44(64-28(8)54)42(62-26(6)52)38(60-24(4)50)32(66-46)20-58-22(2)48/h9-18,31-32,37-38,41-46H,19-20H2,1-8H3/t31-,32+,37-,38+,41-,42-,43+,44+,45+,46-/m1/s1. The van der Waals surface area contributed by atoms with Gasteiger partial charge in [-0.25, -0.2) is 0 Å². The van der Waals surface area contributed by atoms with Crippen molar-refractivity contribution in [2.24, 2.45) is 0 Å². The van der Waals surface area contributed by atoms with Gasteiger partial charge in [-0.15, -0.1) is 0 Å². The molecule has 0 N–H and O–H groups in total. The van der Waals surface area contributed by atoms with Gasteiger partial charge >= 0.3 is 47.8 Å². The Balaban J connectivity index is 1.74. The summed E-state index contributed by atoms with van der Waals surface area (Å²) in [5, 5.41) is 0. The molecule has 22 nitrogen and oxygen atoms in total. The van der Waals surface area contributed by atoms with E-state index in [0.717, 1.165) is 55.4 Å². The number of hydrogen-bond donors (Lipinski definition) is 0. The zero-order valence-corrected chi connectivity index (χ0v) is 37.9. The second-order valence-electron chi connectivity index (χ2n) is 15.2. The molecule has 2 fully saturated rings. The van der Waals surface area contributed by atoms with Crippen molar-refractivity contribution >= 4 is 70.5 Å². The first-order valence-electron chi connectivity index (χ1n) is 20.8. The van der Waals surface area contributed by atoms with Crippen LogP contribution in [0.5, 0.6) is 0 Å². The zero-order valence-electron chi connectivity index (χ0n) is 37.9. The Morgan fingerprint density at radius 1 is 0.397 bits per heavy atom. The van der Waals surface area contributed by atoms with E-state index in [1.54, 1.807) is 12.1 Å². The Bertz CT molecular complexity index is 2190. The molecule has 364 valence electrons. The van der Waals surface area contributed by atoms with Crippen molar-refractivity contribution in [3.05, 3.63) is 83.3 Å². The second kappa shape index (κ2) is 22.8. The quantitative estimate of drug-likeness (QED) is 0.132. The number of esters is 8. The van der Waals surface area contributed by atoms with Crippen LogP contribution >= 0.6 is 0 Å². The Labute approximate surface area is 387 Å². The average Bonchev–Trinajstić information content (AvgIpc) is 3.25. The fraction of sp³-hybridized carbons (Fsp3) is 0.435. The van der Waals surface area contributed by atoms with E-state index in [4.69, 9.17) is 56.8 Å². The van der Waals surface area contributed by atoms with E-state index in [1.165, 1.54) is 48.5 Å². The number of carbonyl (C=O) groups excluding carboxylic acids is 10. The van der Waals surface area contributed by atoms with Gasteiger partial charge in [0.15, 0.2) is 35.9 Å². The smallest absolute Gasteiger partial charge is 0.303 e. The maximum atomic E-state index is 15.4. The van der Waals surface area contributed by atoms with Gasteiger partial charge in [0.05, 0.1) is 11.1 Å². The van der Waals surface area contributed by atoms with Crippen molar-refractivity contribution in [1.82, 2.24) is 0 Å². The van der Waals surface area contributed by atoms with Crippen molar-refractivity contribution < 1.29 is 105 Å². The summed E-state index contributed by atoms with van der Waals surface area (Å²) >= 11 is 0. The van der Waals surface area contributed by atoms with Crippen LogP contribution < -0.4 is 0 Å². The number of carbonyl (C=O) groups is 10. The molecule has 2 aromatic carbocycles. The molecular weight excluding hydrogens is 904 g/mol. The highest BCUT2D eigenvalue weighted by Gasteiger charge is 2.57. The van der Waals surface area contributed by atoms with E-state index >= 15 is 9.59 Å². The van der Waals surface area contributed by atoms with Gasteiger partial charge in [-0.1, -0.05) is 60.7 Å². The maximum Gasteiger partial charge on any atom is 0.303 e. The van der Waals surface area contributed by atoms with Gasteiger partial charge in [0.25, 0.3) is 0 Å². The number of ether oxygens (including phenoxy) is 12. The minimum atomic E-state index is -2.00. The summed E-state index contributed by atoms with van der Waals surface area (Å²) in [6, 6.07) is 15.0. The molecule has 2 aromatic rings. The molecule has 0 amide bonds. The fourth-order valence-electron chi connectivity index (χ4n) is 7.42. The van der Waals surface area contributed by atoms with E-state index < -0.39 is 157 Å². The Kier molecular flexibility index (Phi) is 17.3. The molecule has 0 spiro atoms. The van der Waals surface area contributed by atoms with Crippen LogP contribution in [0.15, 0.2) is 72.2 Å². The fourth-order valence-corrected chi connectivity index (χ4v) is 7.42. The predicted octanol–water partition coefficient (Wildman–Crippen LogP) is 2.16. The van der Waals surface area contributed by atoms with Gasteiger partial charge in [-0.05, 0) is 11.1 Å². The average molecular weight is 953 g/mol. The molecule has 0 aromatic heterocycles. The molecule has 10 atom stereocenters. The van der Waals surface area contributed by atoms with Crippen molar-refractivity contribution in [2.75, 3.05) is 13.2 Å². The molecule has 2 aliphatic heterocycles. The third-order valence-electron chi connectivity index (χ3n) is 9.81. The monoisotopic (exact) mass is 952 g/mol. The van der Waals surface area contributed by atoms with Gasteiger partial charge in [0.2, 0.25) is 36.4 Å². The lowest BCUT2D eigenvalue weighted by molar-refractivity contribution is -0.300. The van der Waals surface area contributed by atoms with Crippen LogP contribution in [-0.4, -0.2) is 134 Å². The van der Waals surface area contributed by atoms with E-state index in [-0.39, 0.29) is 11.1 Å². The van der Waals surface area contributed by atoms with Crippen LogP contribution in [0, 0.1) is 0 Å². The van der Waals surface area contributed by atoms with Gasteiger partial charge in [0.1, 0.15) is 25.4 Å². The molecule has 0 radical (unpaired) electrons. The van der Waals surface area contributed by atoms with Crippen LogP contribution in [0.3, 0.4) is 0 Å². The van der Waals surface area contributed by atoms with E-state index in [1.807, 2.05) is 0 Å². The highest BCUT2D eigenvalue weighted by atomic mass is 16.8. The lowest BCUT2D eigenvalue weighted by atomic mass is 9.85. The van der Waals surface area contributed by atoms with Gasteiger partial charge in [-0.2, -0.15) is 0 Å². The third-order valence-corrected chi connectivity index (χ3v) is 9.81. The highest BCUT2D eigenvalue weighted by Crippen LogP contribution is 2.42. The summed E-state index contributed by atoms with van der Waals surface area (Å²) in [6.07, 6.45) is -17.4. The summed E-state index contributed by atoms with van der Waals surface area (Å²) < 4.78 is 68.4. The lowest BCUT2D eigenvalue weighted by Gasteiger charge is -2.45. The first-order chi connectivity index (χ1) is 32.2. The van der Waals surface area contributed by atoms with Crippen LogP contribution in [-0.2, 0) is 105 Å². The largest absolute Gasteiger partial charge is 0.463 e. The number of ketones is 2. The summed E-state index contributed by atoms with van der Waals surface area (Å²) in [4.78, 5) is 130. The first kappa shape index (κ1) is 51.5. The number of rotatable bonds is 16. The second-order valence-corrected chi connectivity index (χ2v) is 15.2. The van der Waals surface area contributed by atoms with Crippen LogP contribution in [0.4, 0.5) is 0 Å². The van der Waals surface area contributed by atoms with Crippen molar-refractivity contribution in [3.63, 3.8) is 0 Å². The number of Topliss-reactive ketones (excluding diaryl/α,β-unsaturated/α-hetero) is 2. The first-order valence-corrected chi connectivity index (χ1v) is 20.8. The number of hydrogen-bond acceptors (Lipinski definition) is 22. The summed E-state index contributed by atoms with van der Waals surface area (Å²) in [5.41, 5.74) is -0.963. The minimum absolute atomic E-state index is 0.0289. The Hall–Kier alpha value is -7.46. The normalized spacial score (nSPS) is 25.8. The van der Waals surface area contributed by atoms with Crippen LogP contribution in [0.1, 0.15) is 66.5 Å². The van der Waals surface area contributed by atoms with Crippen molar-refractivity contribution in [1.29, 1.82) is 0 Å². The molecule has 68 heavy (non-hydrogen) atoms. The molecular formula is C46H48O22. The molecule has 2 saturated heterocycles. The lowest BCUT2D eigenvalue weighted by Crippen LogP contribution is -2.63. The minimum Gasteiger partial charge on any atom is -0.463 e. The predicted molar refractivity (Wildman–Crippen MR) is 223 cm³/mol. The SMILES string of the molecule is CC(=O)OC[C@@H]1O[C@H](OC2=C(c3ccccc3)C(=O)C(O[C@@H]3O[C@H](COC(C)=O)[C@@H](OC(C)=O)[C@@H](OC(C)=O)[C@@H]3OC(C)=O)=C(c3ccccc3)C2=O)[C@@H](OC(C)=O)[C@H](OC(C)=O)[C@H]1OC(C)=O. The molecule has 1 aliphatic carbocycles. The molecule has 0 unspecified atom stereocenters. The molecule has 2 heterocycles. The maximum absolute atomic E-state index is 15.4. The number of allylic oxidation sites excluding steroid dienone is 2. The summed E-state index contributed by atoms with van der Waals surface area (Å²) in [6.45, 7) is 6.89. The van der Waals surface area contributed by atoms with Crippen LogP contribution in [0.2, 0.25) is 0 Å². The molecule has 0 saturated carbocycles. The Morgan fingerprint density at radius 2 is 0.676 bits per heavy atom. The molecule has 3 aliphatic rings. The van der Waals surface area contributed by atoms with E-state index in [2.05, 4.69) is 0 Å². The van der Waals surface area contributed by atoms with Crippen molar-refractivity contribution in [3.8, 4) is 0 Å². The van der Waals surface area contributed by atoms with Gasteiger partial charge in [0, 0.05) is 55.4 Å². The van der Waals surface area contributed by atoms with E-state index in [9.17, 15) is 38.4 Å². The summed E-state index contributed by atoms with van der Waals surface area (Å²) in [5.74, 6) is -11.0. The molecule has 22 heteroatoms. The van der Waals surface area contributed by atoms with E-state index in [0.29, 0.717) is 0 Å². The van der Waals surface area contributed by atoms with Crippen molar-refractivity contribution in [2.45, 2.75) is 117 Å². The summed E-state index contributed by atoms with van der Waals surface area (Å²) in [7, 11) is 0. The van der Waals surface area contributed by atoms with Gasteiger partial charge in [-0.3, -0.25) is 47.9 Å².